The number of nitrogens with two attached hydrogens (primary N) is 1. The van der Waals surface area contributed by atoms with Crippen molar-refractivity contribution in [3.8, 4) is 16.9 Å². The van der Waals surface area contributed by atoms with Crippen molar-refractivity contribution in [2.45, 2.75) is 89.6 Å². The van der Waals surface area contributed by atoms with Gasteiger partial charge in [-0.05, 0) is 86.0 Å². The van der Waals surface area contributed by atoms with Gasteiger partial charge in [0.25, 0.3) is 10.0 Å². The number of amides is 1. The number of carbonyl (C=O) groups is 1. The summed E-state index contributed by atoms with van der Waals surface area (Å²) in [5.74, 6) is -1.05. The van der Waals surface area contributed by atoms with E-state index in [0.717, 1.165) is 9.54 Å². The van der Waals surface area contributed by atoms with Crippen molar-refractivity contribution in [3.63, 3.8) is 0 Å². The second-order valence-corrected chi connectivity index (χ2v) is 16.0. The van der Waals surface area contributed by atoms with E-state index in [2.05, 4.69) is 4.98 Å². The summed E-state index contributed by atoms with van der Waals surface area (Å²) < 4.78 is 54.8. The molecule has 2 aliphatic heterocycles. The van der Waals surface area contributed by atoms with Crippen molar-refractivity contribution in [1.29, 1.82) is 0 Å². The van der Waals surface area contributed by atoms with Gasteiger partial charge in [-0.15, -0.1) is 0 Å². The molecule has 0 atom stereocenters. The molecule has 47 heavy (non-hydrogen) atoms. The maximum Gasteiger partial charge on any atom is 0.497 e. The first-order valence-electron chi connectivity index (χ1n) is 15.4. The summed E-state index contributed by atoms with van der Waals surface area (Å²) in [6.45, 7) is 17.0. The van der Waals surface area contributed by atoms with Crippen LogP contribution in [0.3, 0.4) is 0 Å². The number of pyridine rings is 1. The molecule has 2 aromatic heterocycles. The molecule has 0 spiro atoms. The van der Waals surface area contributed by atoms with Crippen LogP contribution in [0.25, 0.3) is 22.2 Å². The number of phenols is 1. The highest BCUT2D eigenvalue weighted by atomic mass is 32.2. The standard InChI is InChI=1S/C33H39B2N3O8S/c1-19-13-15-20(16-14-19)47(41,42)38-18-21(25-22(11-10-12-24(25)39)34-43-30(2,3)31(4,5)44-34)26-27(28(36)40)23(17-37-29(26)38)35-45-32(6,7)33(8,9)46-35/h10-18,39H,1-9H3,(H2,36,40). The predicted octanol–water partition coefficient (Wildman–Crippen LogP) is 3.65. The quantitative estimate of drug-likeness (QED) is 0.296. The van der Waals surface area contributed by atoms with Gasteiger partial charge in [-0.2, -0.15) is 0 Å². The smallest absolute Gasteiger partial charge is 0.497 e. The van der Waals surface area contributed by atoms with Gasteiger partial charge >= 0.3 is 14.2 Å². The monoisotopic (exact) mass is 659 g/mol. The lowest BCUT2D eigenvalue weighted by atomic mass is 9.72. The van der Waals surface area contributed by atoms with Crippen molar-refractivity contribution in [1.82, 2.24) is 8.96 Å². The Labute approximate surface area is 275 Å². The summed E-state index contributed by atoms with van der Waals surface area (Å²) in [6, 6.07) is 11.2. The minimum absolute atomic E-state index is 0.00692. The molecule has 2 saturated heterocycles. The van der Waals surface area contributed by atoms with E-state index in [4.69, 9.17) is 24.4 Å². The first-order valence-corrected chi connectivity index (χ1v) is 16.8. The molecule has 2 aliphatic rings. The second kappa shape index (κ2) is 10.7. The second-order valence-electron chi connectivity index (χ2n) is 14.2. The molecular formula is C33H39B2N3O8S. The van der Waals surface area contributed by atoms with Crippen molar-refractivity contribution in [3.05, 3.63) is 66.0 Å². The topological polar surface area (TPSA) is 152 Å². The molecule has 6 rings (SSSR count). The largest absolute Gasteiger partial charge is 0.507 e. The molecule has 1 amide bonds. The Morgan fingerprint density at radius 1 is 0.830 bits per heavy atom. The van der Waals surface area contributed by atoms with Crippen LogP contribution in [0, 0.1) is 6.92 Å². The molecule has 4 aromatic rings. The summed E-state index contributed by atoms with van der Waals surface area (Å²) in [5, 5.41) is 11.6. The lowest BCUT2D eigenvalue weighted by Gasteiger charge is -2.32. The van der Waals surface area contributed by atoms with E-state index in [1.807, 2.05) is 62.3 Å². The molecule has 0 radical (unpaired) electrons. The predicted molar refractivity (Wildman–Crippen MR) is 181 cm³/mol. The number of hydrogen-bond acceptors (Lipinski definition) is 9. The summed E-state index contributed by atoms with van der Waals surface area (Å²) in [7, 11) is -6.25. The average Bonchev–Trinajstić information content (AvgIpc) is 3.53. The number of fused-ring (bicyclic) bond motifs is 1. The van der Waals surface area contributed by atoms with E-state index in [1.54, 1.807) is 24.3 Å². The fraction of sp³-hybridized carbons (Fsp3) is 0.394. The molecule has 3 N–H and O–H groups in total. The first-order chi connectivity index (χ1) is 21.7. The van der Waals surface area contributed by atoms with Crippen LogP contribution in [0.1, 0.15) is 71.3 Å². The molecular weight excluding hydrogens is 620 g/mol. The highest BCUT2D eigenvalue weighted by Crippen LogP contribution is 2.42. The highest BCUT2D eigenvalue weighted by Gasteiger charge is 2.54. The van der Waals surface area contributed by atoms with Crippen LogP contribution in [0.5, 0.6) is 5.75 Å². The van der Waals surface area contributed by atoms with E-state index >= 15 is 0 Å². The zero-order chi connectivity index (χ0) is 34.5. The van der Waals surface area contributed by atoms with E-state index in [1.165, 1.54) is 30.6 Å². The van der Waals surface area contributed by atoms with Crippen LogP contribution in [0.4, 0.5) is 0 Å². The third-order valence-corrected chi connectivity index (χ3v) is 11.7. The number of hydrogen-bond donors (Lipinski definition) is 2. The maximum atomic E-state index is 14.2. The Hall–Kier alpha value is -3.68. The van der Waals surface area contributed by atoms with Crippen molar-refractivity contribution < 1.29 is 36.9 Å². The Morgan fingerprint density at radius 2 is 1.34 bits per heavy atom. The number of rotatable bonds is 6. The Balaban J connectivity index is 1.69. The number of phenolic OH excluding ortho intramolecular Hbond substituents is 1. The Bertz CT molecular complexity index is 2010. The summed E-state index contributed by atoms with van der Waals surface area (Å²) in [5.41, 5.74) is 4.93. The molecule has 14 heteroatoms. The minimum atomic E-state index is -4.27. The molecule has 4 heterocycles. The number of aromatic nitrogens is 2. The summed E-state index contributed by atoms with van der Waals surface area (Å²) in [6.07, 6.45) is 2.70. The third-order valence-electron chi connectivity index (χ3n) is 10.00. The number of carbonyl (C=O) groups excluding carboxylic acids is 1. The van der Waals surface area contributed by atoms with Gasteiger partial charge in [0.15, 0.2) is 5.65 Å². The van der Waals surface area contributed by atoms with Gasteiger partial charge in [0.05, 0.1) is 32.9 Å². The summed E-state index contributed by atoms with van der Waals surface area (Å²) in [4.78, 5) is 18.1. The van der Waals surface area contributed by atoms with Crippen LogP contribution in [-0.4, -0.2) is 65.0 Å². The average molecular weight is 659 g/mol. The zero-order valence-corrected chi connectivity index (χ0v) is 28.9. The fourth-order valence-corrected chi connectivity index (χ4v) is 7.13. The number of primary amides is 1. The molecule has 2 aromatic carbocycles. The fourth-order valence-electron chi connectivity index (χ4n) is 5.81. The summed E-state index contributed by atoms with van der Waals surface area (Å²) >= 11 is 0. The van der Waals surface area contributed by atoms with Gasteiger partial charge in [-0.25, -0.2) is 17.4 Å². The number of benzene rings is 2. The third kappa shape index (κ3) is 5.17. The van der Waals surface area contributed by atoms with Gasteiger partial charge in [0.1, 0.15) is 5.75 Å². The Morgan fingerprint density at radius 3 is 1.85 bits per heavy atom. The molecule has 2 fully saturated rings. The molecule has 11 nitrogen and oxygen atoms in total. The number of aryl methyl sites for hydroxylation is 1. The van der Waals surface area contributed by atoms with Crippen LogP contribution < -0.4 is 16.7 Å². The highest BCUT2D eigenvalue weighted by molar-refractivity contribution is 7.90. The van der Waals surface area contributed by atoms with Crippen LogP contribution in [-0.2, 0) is 28.6 Å². The van der Waals surface area contributed by atoms with Gasteiger partial charge in [-0.3, -0.25) is 4.79 Å². The van der Waals surface area contributed by atoms with Gasteiger partial charge < -0.3 is 29.5 Å². The molecule has 0 aliphatic carbocycles. The van der Waals surface area contributed by atoms with E-state index < -0.39 is 52.6 Å². The maximum absolute atomic E-state index is 14.2. The molecule has 246 valence electrons. The van der Waals surface area contributed by atoms with Crippen LogP contribution in [0.2, 0.25) is 0 Å². The van der Waals surface area contributed by atoms with E-state index in [0.29, 0.717) is 5.46 Å². The Kier molecular flexibility index (Phi) is 7.54. The minimum Gasteiger partial charge on any atom is -0.507 e. The lowest BCUT2D eigenvalue weighted by molar-refractivity contribution is 0.00578. The molecule has 0 bridgehead atoms. The van der Waals surface area contributed by atoms with E-state index in [9.17, 15) is 18.3 Å². The lowest BCUT2D eigenvalue weighted by Crippen LogP contribution is -2.41. The van der Waals surface area contributed by atoms with Crippen LogP contribution >= 0.6 is 0 Å². The first kappa shape index (κ1) is 33.2. The zero-order valence-electron chi connectivity index (χ0n) is 28.0. The normalized spacial score (nSPS) is 19.9. The molecule has 0 unspecified atom stereocenters. The van der Waals surface area contributed by atoms with Crippen molar-refractivity contribution >= 4 is 52.1 Å². The molecule has 0 saturated carbocycles. The van der Waals surface area contributed by atoms with Gasteiger partial charge in [-0.1, -0.05) is 29.8 Å². The number of nitrogens with zero attached hydrogens (tertiary/aromatic N) is 2. The van der Waals surface area contributed by atoms with Gasteiger partial charge in [0.2, 0.25) is 5.91 Å². The number of aromatic hydroxyl groups is 1. The van der Waals surface area contributed by atoms with Gasteiger partial charge in [0, 0.05) is 34.4 Å². The van der Waals surface area contributed by atoms with Crippen molar-refractivity contribution in [2.75, 3.05) is 0 Å². The van der Waals surface area contributed by atoms with E-state index in [-0.39, 0.29) is 43.8 Å². The SMILES string of the molecule is Cc1ccc(S(=O)(=O)n2cc(-c3c(O)cccc3B3OC(C)(C)C(C)(C)O3)c3c(C(N)=O)c(B4OC(C)(C)C(C)(C)O4)cnc32)cc1. The van der Waals surface area contributed by atoms with Crippen molar-refractivity contribution in [2.24, 2.45) is 5.73 Å². The van der Waals surface area contributed by atoms with Crippen LogP contribution in [0.15, 0.2) is 59.8 Å².